The molecule has 0 radical (unpaired) electrons. The molecule has 1 heterocycles. The van der Waals surface area contributed by atoms with Gasteiger partial charge in [-0.3, -0.25) is 4.79 Å². The minimum atomic E-state index is -1.25. The van der Waals surface area contributed by atoms with Crippen molar-refractivity contribution in [1.29, 1.82) is 0 Å². The summed E-state index contributed by atoms with van der Waals surface area (Å²) in [6.45, 7) is 2.58. The molecule has 0 aromatic heterocycles. The topological polar surface area (TPSA) is 96.2 Å². The van der Waals surface area contributed by atoms with Crippen LogP contribution < -0.4 is 0 Å². The molecule has 0 aromatic rings. The monoisotopic (exact) mass is 220 g/mol. The molecule has 1 saturated heterocycles. The first kappa shape index (κ1) is 12.5. The first-order valence-corrected chi connectivity index (χ1v) is 4.74. The minimum Gasteiger partial charge on any atom is -0.391 e. The zero-order valence-electron chi connectivity index (χ0n) is 8.66. The van der Waals surface area contributed by atoms with Crippen molar-refractivity contribution in [3.8, 4) is 0 Å². The molecule has 0 aliphatic carbocycles. The maximum absolute atomic E-state index is 10.6. The number of hydrogen-bond acceptors (Lipinski definition) is 6. The molecule has 0 saturated carbocycles. The summed E-state index contributed by atoms with van der Waals surface area (Å²) >= 11 is 0. The highest BCUT2D eigenvalue weighted by Crippen LogP contribution is 2.24. The first-order valence-electron chi connectivity index (χ1n) is 4.74. The van der Waals surface area contributed by atoms with Crippen LogP contribution in [0.15, 0.2) is 0 Å². The van der Waals surface area contributed by atoms with Gasteiger partial charge in [-0.25, -0.2) is 0 Å². The minimum absolute atomic E-state index is 0.193. The molecule has 0 amide bonds. The van der Waals surface area contributed by atoms with Gasteiger partial charge in [-0.1, -0.05) is 0 Å². The van der Waals surface area contributed by atoms with Gasteiger partial charge in [-0.05, 0) is 13.8 Å². The quantitative estimate of drug-likeness (QED) is 0.529. The maximum Gasteiger partial charge on any atom is 0.187 e. The summed E-state index contributed by atoms with van der Waals surface area (Å²) in [6.07, 6.45) is -5.33. The van der Waals surface area contributed by atoms with E-state index in [1.54, 1.807) is 0 Å². The van der Waals surface area contributed by atoms with E-state index in [9.17, 15) is 20.1 Å². The fraction of sp³-hybridized carbons (Fsp3) is 0.889. The average Bonchev–Trinajstić information content (AvgIpc) is 2.41. The zero-order chi connectivity index (χ0) is 11.6. The highest BCUT2D eigenvalue weighted by Gasteiger charge is 2.45. The molecule has 0 aromatic carbocycles. The molecule has 0 bridgehead atoms. The van der Waals surface area contributed by atoms with Gasteiger partial charge in [-0.2, -0.15) is 0 Å². The van der Waals surface area contributed by atoms with E-state index in [-0.39, 0.29) is 12.4 Å². The number of aliphatic hydroxyl groups excluding tert-OH is 3. The molecular weight excluding hydrogens is 204 g/mol. The van der Waals surface area contributed by atoms with Crippen LogP contribution >= 0.6 is 0 Å². The van der Waals surface area contributed by atoms with Crippen molar-refractivity contribution in [2.45, 2.75) is 44.6 Å². The van der Waals surface area contributed by atoms with Crippen molar-refractivity contribution in [3.05, 3.63) is 0 Å². The van der Waals surface area contributed by atoms with Gasteiger partial charge in [0.25, 0.3) is 0 Å². The van der Waals surface area contributed by atoms with Crippen molar-refractivity contribution in [1.82, 2.24) is 0 Å². The van der Waals surface area contributed by atoms with E-state index >= 15 is 0 Å². The van der Waals surface area contributed by atoms with Gasteiger partial charge >= 0.3 is 0 Å². The highest BCUT2D eigenvalue weighted by molar-refractivity contribution is 5.76. The second-order valence-electron chi connectivity index (χ2n) is 3.70. The van der Waals surface area contributed by atoms with Crippen molar-refractivity contribution in [2.75, 3.05) is 6.61 Å². The Labute approximate surface area is 87.4 Å². The van der Waals surface area contributed by atoms with E-state index in [0.717, 1.165) is 0 Å². The second kappa shape index (κ2) is 5.00. The molecule has 1 aliphatic heterocycles. The van der Waals surface area contributed by atoms with Crippen LogP contribution in [0.25, 0.3) is 0 Å². The van der Waals surface area contributed by atoms with E-state index in [4.69, 9.17) is 9.47 Å². The number of rotatable bonds is 4. The Kier molecular flexibility index (Phi) is 4.18. The summed E-state index contributed by atoms with van der Waals surface area (Å²) in [4.78, 5) is 10.6. The molecule has 88 valence electrons. The molecule has 15 heavy (non-hydrogen) atoms. The second-order valence-corrected chi connectivity index (χ2v) is 3.70. The summed E-state index contributed by atoms with van der Waals surface area (Å²) in [5.41, 5.74) is 0. The lowest BCUT2D eigenvalue weighted by Crippen LogP contribution is -2.37. The van der Waals surface area contributed by atoms with Gasteiger partial charge in [0.2, 0.25) is 0 Å². The molecule has 1 fully saturated rings. The predicted molar refractivity (Wildman–Crippen MR) is 49.0 cm³/mol. The molecule has 6 nitrogen and oxygen atoms in total. The van der Waals surface area contributed by atoms with Crippen LogP contribution in [0.2, 0.25) is 0 Å². The number of ketones is 1. The third kappa shape index (κ3) is 2.96. The number of aliphatic hydroxyl groups is 3. The number of Topliss-reactive ketones (excluding diaryl/α,β-unsaturated/α-hetero) is 1. The van der Waals surface area contributed by atoms with Crippen LogP contribution in [0, 0.1) is 0 Å². The Morgan fingerprint density at radius 1 is 1.47 bits per heavy atom. The van der Waals surface area contributed by atoms with Crippen molar-refractivity contribution < 1.29 is 29.6 Å². The van der Waals surface area contributed by atoms with Crippen molar-refractivity contribution in [3.63, 3.8) is 0 Å². The molecule has 5 atom stereocenters. The molecule has 1 rings (SSSR count). The van der Waals surface area contributed by atoms with E-state index < -0.39 is 30.7 Å². The molecule has 1 unspecified atom stereocenters. The Balaban J connectivity index is 2.51. The van der Waals surface area contributed by atoms with Gasteiger partial charge in [-0.15, -0.1) is 0 Å². The van der Waals surface area contributed by atoms with E-state index in [1.807, 2.05) is 0 Å². The number of carbonyl (C=O) groups is 1. The number of ether oxygens (including phenoxy) is 2. The summed E-state index contributed by atoms with van der Waals surface area (Å²) < 4.78 is 10.0. The van der Waals surface area contributed by atoms with E-state index in [2.05, 4.69) is 0 Å². The predicted octanol–water partition coefficient (Wildman–Crippen LogP) is -1.58. The summed E-state index contributed by atoms with van der Waals surface area (Å²) in [6, 6.07) is 0. The van der Waals surface area contributed by atoms with Crippen LogP contribution in [0.1, 0.15) is 13.8 Å². The molecule has 1 aliphatic rings. The lowest BCUT2D eigenvalue weighted by molar-refractivity contribution is -0.179. The van der Waals surface area contributed by atoms with Gasteiger partial charge in [0.15, 0.2) is 12.1 Å². The van der Waals surface area contributed by atoms with Gasteiger partial charge < -0.3 is 24.8 Å². The lowest BCUT2D eigenvalue weighted by Gasteiger charge is -2.16. The highest BCUT2D eigenvalue weighted by atomic mass is 16.7. The smallest absolute Gasteiger partial charge is 0.187 e. The van der Waals surface area contributed by atoms with Gasteiger partial charge in [0, 0.05) is 0 Å². The van der Waals surface area contributed by atoms with Crippen LogP contribution in [-0.4, -0.2) is 58.4 Å². The van der Waals surface area contributed by atoms with Crippen LogP contribution in [0.4, 0.5) is 0 Å². The normalized spacial score (nSPS) is 37.9. The summed E-state index contributed by atoms with van der Waals surface area (Å²) in [5.74, 6) is -0.208. The maximum atomic E-state index is 10.6. The third-order valence-corrected chi connectivity index (χ3v) is 2.18. The van der Waals surface area contributed by atoms with Crippen molar-refractivity contribution >= 4 is 5.78 Å². The largest absolute Gasteiger partial charge is 0.391 e. The Morgan fingerprint density at radius 3 is 2.47 bits per heavy atom. The van der Waals surface area contributed by atoms with Crippen molar-refractivity contribution in [2.24, 2.45) is 0 Å². The Morgan fingerprint density at radius 2 is 2.07 bits per heavy atom. The Hall–Kier alpha value is -0.530. The number of hydrogen-bond donors (Lipinski definition) is 3. The molecule has 3 N–H and O–H groups in total. The SMILES string of the molecule is CC(=O)CO[C@@H]1O[C@@H](C(C)O)[C@H](O)[C@H]1O. The van der Waals surface area contributed by atoms with Gasteiger partial charge in [0.05, 0.1) is 6.10 Å². The fourth-order valence-corrected chi connectivity index (χ4v) is 1.41. The Bertz CT molecular complexity index is 229. The fourth-order valence-electron chi connectivity index (χ4n) is 1.41. The molecule has 6 heteroatoms. The zero-order valence-corrected chi connectivity index (χ0v) is 8.66. The average molecular weight is 220 g/mol. The molecule has 0 spiro atoms. The van der Waals surface area contributed by atoms with Crippen LogP contribution in [-0.2, 0) is 14.3 Å². The van der Waals surface area contributed by atoms with Crippen LogP contribution in [0.3, 0.4) is 0 Å². The van der Waals surface area contributed by atoms with E-state index in [0.29, 0.717) is 0 Å². The third-order valence-electron chi connectivity index (χ3n) is 2.18. The summed E-state index contributed by atoms with van der Waals surface area (Å²) in [5, 5.41) is 28.1. The standard InChI is InChI=1S/C9H16O6/c1-4(10)3-14-9-7(13)6(12)8(15-9)5(2)11/h5-9,11-13H,3H2,1-2H3/t5?,6-,7-,8+,9-/m1/s1. The lowest BCUT2D eigenvalue weighted by atomic mass is 10.1. The summed E-state index contributed by atoms with van der Waals surface area (Å²) in [7, 11) is 0. The first-order chi connectivity index (χ1) is 6.93. The number of carbonyl (C=O) groups excluding carboxylic acids is 1. The molecular formula is C9H16O6. The van der Waals surface area contributed by atoms with E-state index in [1.165, 1.54) is 13.8 Å². The van der Waals surface area contributed by atoms with Gasteiger partial charge in [0.1, 0.15) is 24.9 Å². The van der Waals surface area contributed by atoms with Crippen LogP contribution in [0.5, 0.6) is 0 Å².